The second-order valence-electron chi connectivity index (χ2n) is 6.09. The van der Waals surface area contributed by atoms with Gasteiger partial charge in [-0.3, -0.25) is 14.6 Å². The molecule has 11 nitrogen and oxygen atoms in total. The number of aliphatic hydroxyl groups excluding tert-OH is 2. The number of ether oxygens (including phenoxy) is 2. The van der Waals surface area contributed by atoms with Crippen molar-refractivity contribution in [1.29, 1.82) is 0 Å². The maximum Gasteiger partial charge on any atom is 0.361 e. The number of aromatic nitrogens is 2. The zero-order valence-electron chi connectivity index (χ0n) is 14.0. The third-order valence-corrected chi connectivity index (χ3v) is 3.78. The van der Waals surface area contributed by atoms with Gasteiger partial charge >= 0.3 is 11.7 Å². The largest absolute Gasteiger partial charge is 0.462 e. The van der Waals surface area contributed by atoms with E-state index in [1.807, 2.05) is 0 Å². The van der Waals surface area contributed by atoms with Gasteiger partial charge < -0.3 is 30.3 Å². The molecule has 5 atom stereocenters. The number of nitrogens with one attached hydrogen (secondary N) is 1. The van der Waals surface area contributed by atoms with Crippen LogP contribution in [-0.2, 0) is 14.3 Å². The molecular weight excluding hydrogens is 357 g/mol. The van der Waals surface area contributed by atoms with E-state index < -0.39 is 60.3 Å². The molecular formula is C14H20FN3O8. The van der Waals surface area contributed by atoms with Crippen molar-refractivity contribution in [3.8, 4) is 0 Å². The molecule has 0 amide bonds. The van der Waals surface area contributed by atoms with Gasteiger partial charge in [0, 0.05) is 0 Å². The molecule has 0 aliphatic carbocycles. The minimum atomic E-state index is -1.63. The summed E-state index contributed by atoms with van der Waals surface area (Å²) < 4.78 is 23.7. The highest BCUT2D eigenvalue weighted by Gasteiger charge is 2.45. The number of H-pyrrole nitrogens is 1. The Labute approximate surface area is 146 Å². The first kappa shape index (κ1) is 20.0. The molecule has 1 aromatic heterocycles. The fraction of sp³-hybridized carbons (Fsp3) is 0.643. The van der Waals surface area contributed by atoms with Crippen LogP contribution in [0.25, 0.3) is 0 Å². The van der Waals surface area contributed by atoms with Gasteiger partial charge in [-0.25, -0.2) is 4.79 Å². The van der Waals surface area contributed by atoms with Crippen molar-refractivity contribution < 1.29 is 33.7 Å². The van der Waals surface area contributed by atoms with Crippen LogP contribution in [0.15, 0.2) is 15.8 Å². The molecule has 0 unspecified atom stereocenters. The van der Waals surface area contributed by atoms with E-state index in [0.29, 0.717) is 10.9 Å². The predicted octanol–water partition coefficient (Wildman–Crippen LogP) is -2.92. The van der Waals surface area contributed by atoms with Crippen LogP contribution in [-0.4, -0.2) is 63.1 Å². The molecule has 0 saturated carbocycles. The van der Waals surface area contributed by atoms with Gasteiger partial charge in [0.15, 0.2) is 0 Å². The van der Waals surface area contributed by atoms with E-state index in [2.05, 4.69) is 0 Å². The molecule has 0 aromatic carbocycles. The van der Waals surface area contributed by atoms with Gasteiger partial charge in [-0.2, -0.15) is 4.39 Å². The van der Waals surface area contributed by atoms with Crippen molar-refractivity contribution in [2.24, 2.45) is 11.7 Å². The predicted molar refractivity (Wildman–Crippen MR) is 82.3 cm³/mol. The van der Waals surface area contributed by atoms with E-state index in [9.17, 15) is 29.0 Å². The minimum absolute atomic E-state index is 0.166. The van der Waals surface area contributed by atoms with Crippen molar-refractivity contribution in [3.05, 3.63) is 32.9 Å². The summed E-state index contributed by atoms with van der Waals surface area (Å²) in [5.74, 6) is -2.18. The summed E-state index contributed by atoms with van der Waals surface area (Å²) in [6.45, 7) is 3.02. The number of hydrogen-bond donors (Lipinski definition) is 4. The van der Waals surface area contributed by atoms with Crippen LogP contribution < -0.4 is 21.8 Å². The first-order chi connectivity index (χ1) is 12.1. The molecule has 1 aliphatic heterocycles. The quantitative estimate of drug-likeness (QED) is 0.380. The highest BCUT2D eigenvalue weighted by atomic mass is 19.1. The Balaban J connectivity index is 2.01. The Morgan fingerprint density at radius 1 is 1.42 bits per heavy atom. The Morgan fingerprint density at radius 2 is 2.08 bits per heavy atom. The summed E-state index contributed by atoms with van der Waals surface area (Å²) in [5.41, 5.74) is 3.27. The lowest BCUT2D eigenvalue weighted by molar-refractivity contribution is -0.180. The normalized spacial score (nSPS) is 26.7. The second kappa shape index (κ2) is 7.95. The highest BCUT2D eigenvalue weighted by Crippen LogP contribution is 2.21. The summed E-state index contributed by atoms with van der Waals surface area (Å²) in [4.78, 5) is 40.8. The van der Waals surface area contributed by atoms with E-state index >= 15 is 0 Å². The molecule has 1 fully saturated rings. The van der Waals surface area contributed by atoms with Gasteiger partial charge in [0.25, 0.3) is 11.8 Å². The smallest absolute Gasteiger partial charge is 0.361 e. The molecule has 26 heavy (non-hydrogen) atoms. The van der Waals surface area contributed by atoms with E-state index in [1.54, 1.807) is 18.8 Å². The third kappa shape index (κ3) is 4.27. The molecule has 0 spiro atoms. The van der Waals surface area contributed by atoms with Crippen LogP contribution >= 0.6 is 0 Å². The number of nitrogens with zero attached hydrogens (tertiary/aromatic N) is 1. The minimum Gasteiger partial charge on any atom is -0.462 e. The number of carbonyl (C=O) groups excluding carboxylic acids is 1. The molecule has 12 heteroatoms. The highest BCUT2D eigenvalue weighted by molar-refractivity contribution is 5.75. The Bertz CT molecular complexity index is 763. The van der Waals surface area contributed by atoms with Crippen molar-refractivity contribution in [3.63, 3.8) is 0 Å². The fourth-order valence-corrected chi connectivity index (χ4v) is 2.09. The van der Waals surface area contributed by atoms with Crippen LogP contribution in [0.3, 0.4) is 0 Å². The van der Waals surface area contributed by atoms with Gasteiger partial charge in [-0.15, -0.1) is 4.73 Å². The molecule has 1 saturated heterocycles. The number of esters is 1. The lowest BCUT2D eigenvalue weighted by atomic mass is 10.1. The number of hydrogen-bond acceptors (Lipinski definition) is 9. The summed E-state index contributed by atoms with van der Waals surface area (Å²) in [5, 5.41) is 19.9. The number of nitrogens with two attached hydrogens (primary N) is 1. The number of aliphatic hydroxyl groups is 2. The maximum absolute atomic E-state index is 13.2. The lowest BCUT2D eigenvalue weighted by Gasteiger charge is -2.18. The summed E-state index contributed by atoms with van der Waals surface area (Å²) in [7, 11) is 0. The molecule has 2 heterocycles. The zero-order valence-corrected chi connectivity index (χ0v) is 14.0. The van der Waals surface area contributed by atoms with Crippen molar-refractivity contribution in [2.45, 2.75) is 44.5 Å². The molecule has 2 rings (SSSR count). The lowest BCUT2D eigenvalue weighted by Crippen LogP contribution is -2.43. The summed E-state index contributed by atoms with van der Waals surface area (Å²) >= 11 is 0. The maximum atomic E-state index is 13.2. The first-order valence-electron chi connectivity index (χ1n) is 7.74. The van der Waals surface area contributed by atoms with Crippen LogP contribution in [0.5, 0.6) is 0 Å². The van der Waals surface area contributed by atoms with Crippen molar-refractivity contribution in [2.75, 3.05) is 6.61 Å². The van der Waals surface area contributed by atoms with Gasteiger partial charge in [0.05, 0.1) is 6.20 Å². The average molecular weight is 377 g/mol. The van der Waals surface area contributed by atoms with Gasteiger partial charge in [0.1, 0.15) is 31.0 Å². The standard InChI is InChI=1S/C14H20FN3O8/c1-5(2)8(16)12(22)24-4-7-9(19)10(20)13(25-7)26-18-3-6(15)11(21)17-14(18)23/h3,5,7-10,13,19-20H,4,16H2,1-2H3,(H,17,21,23)/t7-,8+,9-,10-,13+/m1/s1. The van der Waals surface area contributed by atoms with Crippen molar-refractivity contribution >= 4 is 5.97 Å². The van der Waals surface area contributed by atoms with Crippen molar-refractivity contribution in [1.82, 2.24) is 9.71 Å². The van der Waals surface area contributed by atoms with E-state index in [-0.39, 0.29) is 5.92 Å². The Kier molecular flexibility index (Phi) is 6.13. The van der Waals surface area contributed by atoms with Crippen LogP contribution in [0.2, 0.25) is 0 Å². The monoisotopic (exact) mass is 377 g/mol. The topological polar surface area (TPSA) is 166 Å². The fourth-order valence-electron chi connectivity index (χ4n) is 2.09. The number of carbonyl (C=O) groups is 1. The SMILES string of the molecule is CC(C)[C@H](N)C(=O)OC[C@H]1O[C@@H](On2cc(F)c(=O)[nH]c2=O)[C@H](O)[C@@H]1O. The molecule has 1 aliphatic rings. The Hall–Kier alpha value is -2.28. The van der Waals surface area contributed by atoms with Gasteiger partial charge in [-0.1, -0.05) is 13.8 Å². The van der Waals surface area contributed by atoms with Crippen LogP contribution in [0, 0.1) is 11.7 Å². The molecule has 5 N–H and O–H groups in total. The second-order valence-corrected chi connectivity index (χ2v) is 6.09. The molecule has 0 radical (unpaired) electrons. The number of rotatable bonds is 6. The number of aromatic amines is 1. The van der Waals surface area contributed by atoms with Crippen LogP contribution in [0.4, 0.5) is 4.39 Å². The summed E-state index contributed by atoms with van der Waals surface area (Å²) in [6.07, 6.45) is -5.42. The van der Waals surface area contributed by atoms with Crippen LogP contribution in [0.1, 0.15) is 13.8 Å². The zero-order chi connectivity index (χ0) is 19.6. The molecule has 0 bridgehead atoms. The number of halogens is 1. The average Bonchev–Trinajstić information content (AvgIpc) is 2.84. The first-order valence-corrected chi connectivity index (χ1v) is 7.74. The van der Waals surface area contributed by atoms with E-state index in [4.69, 9.17) is 20.0 Å². The van der Waals surface area contributed by atoms with Gasteiger partial charge in [0.2, 0.25) is 5.82 Å². The van der Waals surface area contributed by atoms with E-state index in [0.717, 1.165) is 0 Å². The molecule has 146 valence electrons. The van der Waals surface area contributed by atoms with E-state index in [1.165, 1.54) is 0 Å². The Morgan fingerprint density at radius 3 is 2.69 bits per heavy atom. The third-order valence-electron chi connectivity index (χ3n) is 3.78. The summed E-state index contributed by atoms with van der Waals surface area (Å²) in [6, 6.07) is -0.867. The molecule has 1 aromatic rings. The van der Waals surface area contributed by atoms with Gasteiger partial charge in [-0.05, 0) is 5.92 Å².